The predicted molar refractivity (Wildman–Crippen MR) is 111 cm³/mol. The molecule has 2 aromatic rings. The van der Waals surface area contributed by atoms with Gasteiger partial charge < -0.3 is 14.6 Å². The van der Waals surface area contributed by atoms with E-state index in [2.05, 4.69) is 32.0 Å². The van der Waals surface area contributed by atoms with Gasteiger partial charge in [-0.3, -0.25) is 4.79 Å². The molecule has 30 heavy (non-hydrogen) atoms. The van der Waals surface area contributed by atoms with Crippen molar-refractivity contribution in [1.29, 1.82) is 0 Å². The molecular formula is C24H26F2O4. The first-order valence-electron chi connectivity index (χ1n) is 10.0. The smallest absolute Gasteiger partial charge is 0.303 e. The summed E-state index contributed by atoms with van der Waals surface area (Å²) in [7, 11) is 0. The summed E-state index contributed by atoms with van der Waals surface area (Å²) in [6.45, 7) is 5.42. The van der Waals surface area contributed by atoms with Gasteiger partial charge in [0.25, 0.3) is 0 Å². The third kappa shape index (κ3) is 5.25. The van der Waals surface area contributed by atoms with Crippen LogP contribution in [0.15, 0.2) is 35.9 Å². The lowest BCUT2D eigenvalue weighted by Crippen LogP contribution is -2.08. The molecule has 0 saturated heterocycles. The van der Waals surface area contributed by atoms with Gasteiger partial charge in [0.05, 0.1) is 13.2 Å². The van der Waals surface area contributed by atoms with Crippen molar-refractivity contribution in [2.24, 2.45) is 0 Å². The zero-order chi connectivity index (χ0) is 21.7. The van der Waals surface area contributed by atoms with Crippen LogP contribution in [0.2, 0.25) is 0 Å². The van der Waals surface area contributed by atoms with E-state index in [4.69, 9.17) is 14.6 Å². The molecule has 1 N–H and O–H groups in total. The fourth-order valence-corrected chi connectivity index (χ4v) is 3.52. The highest BCUT2D eigenvalue weighted by Gasteiger charge is 2.18. The maximum Gasteiger partial charge on any atom is 0.303 e. The van der Waals surface area contributed by atoms with Gasteiger partial charge in [-0.2, -0.15) is 4.39 Å². The molecule has 160 valence electrons. The second-order valence-electron chi connectivity index (χ2n) is 7.53. The van der Waals surface area contributed by atoms with Crippen LogP contribution >= 0.6 is 0 Å². The van der Waals surface area contributed by atoms with Crippen molar-refractivity contribution in [1.82, 2.24) is 0 Å². The summed E-state index contributed by atoms with van der Waals surface area (Å²) in [5.41, 5.74) is 5.65. The van der Waals surface area contributed by atoms with Gasteiger partial charge in [0, 0.05) is 6.42 Å². The Morgan fingerprint density at radius 2 is 1.83 bits per heavy atom. The summed E-state index contributed by atoms with van der Waals surface area (Å²) in [5, 5.41) is 8.74. The van der Waals surface area contributed by atoms with Crippen LogP contribution in [0.25, 0.3) is 5.57 Å². The van der Waals surface area contributed by atoms with E-state index in [0.717, 1.165) is 23.1 Å². The maximum absolute atomic E-state index is 14.5. The highest BCUT2D eigenvalue weighted by atomic mass is 19.2. The lowest BCUT2D eigenvalue weighted by molar-refractivity contribution is -0.136. The van der Waals surface area contributed by atoms with Gasteiger partial charge >= 0.3 is 5.97 Å². The molecule has 0 bridgehead atoms. The third-order valence-electron chi connectivity index (χ3n) is 5.46. The van der Waals surface area contributed by atoms with E-state index >= 15 is 0 Å². The monoisotopic (exact) mass is 416 g/mol. The molecule has 0 atom stereocenters. The molecule has 1 aliphatic heterocycles. The number of aliphatic carboxylic acids is 1. The van der Waals surface area contributed by atoms with Crippen molar-refractivity contribution in [3.8, 4) is 5.75 Å². The first-order chi connectivity index (χ1) is 14.4. The minimum atomic E-state index is -1.09. The minimum absolute atomic E-state index is 0.0279. The minimum Gasteiger partial charge on any atom is -0.486 e. The molecule has 0 fully saturated rings. The van der Waals surface area contributed by atoms with E-state index in [0.29, 0.717) is 19.6 Å². The molecule has 1 heterocycles. The standard InChI is InChI=1S/C24H26F2O4/c1-15-3-4-18(13-16(15)2)20-10-12-29-11-9-19(20)14-30-21-7-5-17(6-8-22(27)28)23(25)24(21)26/h3-5,7,13H,6,8-12,14H2,1-2H3,(H,27,28). The Hall–Kier alpha value is -2.73. The SMILES string of the molecule is Cc1ccc(C2=C(COc3ccc(CCC(=O)O)c(F)c3F)CCOCC2)cc1C. The average Bonchev–Trinajstić information content (AvgIpc) is 2.96. The number of hydrogen-bond donors (Lipinski definition) is 1. The van der Waals surface area contributed by atoms with Crippen LogP contribution < -0.4 is 4.74 Å². The highest BCUT2D eigenvalue weighted by Crippen LogP contribution is 2.30. The van der Waals surface area contributed by atoms with E-state index in [9.17, 15) is 13.6 Å². The van der Waals surface area contributed by atoms with Crippen molar-refractivity contribution < 1.29 is 28.2 Å². The van der Waals surface area contributed by atoms with Gasteiger partial charge in [0.1, 0.15) is 6.61 Å². The average molecular weight is 416 g/mol. The summed E-state index contributed by atoms with van der Waals surface area (Å²) >= 11 is 0. The Bertz CT molecular complexity index is 966. The number of carboxylic acid groups (broad SMARTS) is 1. The third-order valence-corrected chi connectivity index (χ3v) is 5.46. The summed E-state index contributed by atoms with van der Waals surface area (Å²) < 4.78 is 40.0. The fraction of sp³-hybridized carbons (Fsp3) is 0.375. The molecule has 1 aliphatic rings. The molecule has 0 aliphatic carbocycles. The Morgan fingerprint density at radius 3 is 2.57 bits per heavy atom. The number of carboxylic acids is 1. The summed E-state index contributed by atoms with van der Waals surface area (Å²) in [6.07, 6.45) is 1.05. The van der Waals surface area contributed by atoms with E-state index < -0.39 is 17.6 Å². The van der Waals surface area contributed by atoms with Crippen molar-refractivity contribution in [2.45, 2.75) is 39.5 Å². The van der Waals surface area contributed by atoms with E-state index in [-0.39, 0.29) is 30.8 Å². The number of halogens is 2. The molecule has 0 unspecified atom stereocenters. The molecule has 0 amide bonds. The lowest BCUT2D eigenvalue weighted by Gasteiger charge is -2.16. The molecule has 3 rings (SSSR count). The second-order valence-corrected chi connectivity index (χ2v) is 7.53. The summed E-state index contributed by atoms with van der Waals surface area (Å²) in [5.74, 6) is -3.38. The van der Waals surface area contributed by atoms with Crippen LogP contribution in [0.5, 0.6) is 5.75 Å². The molecule has 6 heteroatoms. The van der Waals surface area contributed by atoms with Crippen LogP contribution in [0, 0.1) is 25.5 Å². The predicted octanol–water partition coefficient (Wildman–Crippen LogP) is 5.24. The Labute approximate surface area is 175 Å². The van der Waals surface area contributed by atoms with Crippen molar-refractivity contribution in [2.75, 3.05) is 19.8 Å². The van der Waals surface area contributed by atoms with Crippen molar-refractivity contribution >= 4 is 11.5 Å². The molecule has 0 spiro atoms. The topological polar surface area (TPSA) is 55.8 Å². The lowest BCUT2D eigenvalue weighted by atomic mass is 9.94. The molecule has 4 nitrogen and oxygen atoms in total. The number of aryl methyl sites for hydroxylation is 3. The number of ether oxygens (including phenoxy) is 2. The molecule has 2 aromatic carbocycles. The zero-order valence-electron chi connectivity index (χ0n) is 17.3. The van der Waals surface area contributed by atoms with Crippen LogP contribution in [-0.2, 0) is 16.0 Å². The number of benzene rings is 2. The quantitative estimate of drug-likeness (QED) is 0.671. The maximum atomic E-state index is 14.5. The van der Waals surface area contributed by atoms with Gasteiger partial charge in [-0.15, -0.1) is 0 Å². The Kier molecular flexibility index (Phi) is 7.21. The number of rotatable bonds is 7. The van der Waals surface area contributed by atoms with Crippen LogP contribution in [0.4, 0.5) is 8.78 Å². The van der Waals surface area contributed by atoms with Crippen LogP contribution in [0.3, 0.4) is 0 Å². The molecule has 0 aromatic heterocycles. The fourth-order valence-electron chi connectivity index (χ4n) is 3.52. The van der Waals surface area contributed by atoms with Gasteiger partial charge in [-0.25, -0.2) is 4.39 Å². The zero-order valence-corrected chi connectivity index (χ0v) is 17.3. The highest BCUT2D eigenvalue weighted by molar-refractivity contribution is 5.70. The normalized spacial score (nSPS) is 14.5. The molecule has 0 radical (unpaired) electrons. The van der Waals surface area contributed by atoms with Gasteiger partial charge in [0.15, 0.2) is 11.6 Å². The summed E-state index contributed by atoms with van der Waals surface area (Å²) in [4.78, 5) is 10.7. The van der Waals surface area contributed by atoms with Crippen LogP contribution in [0.1, 0.15) is 41.5 Å². The molecular weight excluding hydrogens is 390 g/mol. The Balaban J connectivity index is 1.82. The second kappa shape index (κ2) is 9.85. The van der Waals surface area contributed by atoms with Gasteiger partial charge in [-0.05, 0) is 72.6 Å². The first kappa shape index (κ1) is 22.0. The van der Waals surface area contributed by atoms with E-state index in [1.165, 1.54) is 23.3 Å². The van der Waals surface area contributed by atoms with Gasteiger partial charge in [0.2, 0.25) is 5.82 Å². The largest absolute Gasteiger partial charge is 0.486 e. The number of hydrogen-bond acceptors (Lipinski definition) is 3. The first-order valence-corrected chi connectivity index (χ1v) is 10.0. The molecule has 0 saturated carbocycles. The van der Waals surface area contributed by atoms with Gasteiger partial charge in [-0.1, -0.05) is 24.3 Å². The van der Waals surface area contributed by atoms with Crippen molar-refractivity contribution in [3.05, 3.63) is 69.8 Å². The van der Waals surface area contributed by atoms with E-state index in [1.54, 1.807) is 0 Å². The summed E-state index contributed by atoms with van der Waals surface area (Å²) in [6, 6.07) is 9.02. The Morgan fingerprint density at radius 1 is 1.07 bits per heavy atom. The van der Waals surface area contributed by atoms with Crippen molar-refractivity contribution in [3.63, 3.8) is 0 Å². The number of carbonyl (C=O) groups is 1. The van der Waals surface area contributed by atoms with Crippen LogP contribution in [-0.4, -0.2) is 30.9 Å². The van der Waals surface area contributed by atoms with E-state index in [1.807, 2.05) is 0 Å².